The zero-order chi connectivity index (χ0) is 9.52. The van der Waals surface area contributed by atoms with Crippen LogP contribution < -0.4 is 5.73 Å². The van der Waals surface area contributed by atoms with E-state index in [-0.39, 0.29) is 0 Å². The predicted octanol–water partition coefficient (Wildman–Crippen LogP) is 0.257. The molecule has 0 bridgehead atoms. The maximum absolute atomic E-state index is 5.40. The third kappa shape index (κ3) is 3.79. The van der Waals surface area contributed by atoms with E-state index in [1.165, 1.54) is 0 Å². The molecule has 0 aromatic carbocycles. The van der Waals surface area contributed by atoms with Gasteiger partial charge in [-0.2, -0.15) is 0 Å². The summed E-state index contributed by atoms with van der Waals surface area (Å²) in [5.74, 6) is 6.09. The van der Waals surface area contributed by atoms with Crippen LogP contribution in [0.25, 0.3) is 0 Å². The lowest BCUT2D eigenvalue weighted by atomic mass is 10.4. The van der Waals surface area contributed by atoms with Gasteiger partial charge in [-0.05, 0) is 25.1 Å². The maximum Gasteiger partial charge on any atom is 0.0893 e. The summed E-state index contributed by atoms with van der Waals surface area (Å²) in [5, 5.41) is 0. The summed E-state index contributed by atoms with van der Waals surface area (Å²) in [6.07, 6.45) is 1.87. The van der Waals surface area contributed by atoms with Crippen LogP contribution >= 0.6 is 0 Å². The Bertz CT molecular complexity index is 279. The van der Waals surface area contributed by atoms with Gasteiger partial charge in [-0.25, -0.2) is 0 Å². The molecular formula is C10H15N3. The number of H-pyrrole nitrogens is 1. The Hall–Kier alpha value is -1.24. The highest BCUT2D eigenvalue weighted by Crippen LogP contribution is 1.89. The highest BCUT2D eigenvalue weighted by Gasteiger charge is 1.90. The molecule has 0 unspecified atom stereocenters. The molecule has 0 saturated heterocycles. The molecule has 1 aromatic heterocycles. The van der Waals surface area contributed by atoms with Crippen molar-refractivity contribution in [2.45, 2.75) is 0 Å². The van der Waals surface area contributed by atoms with E-state index >= 15 is 0 Å². The summed E-state index contributed by atoms with van der Waals surface area (Å²) in [4.78, 5) is 5.12. The largest absolute Gasteiger partial charge is 0.355 e. The molecule has 0 saturated carbocycles. The van der Waals surface area contributed by atoms with Crippen LogP contribution in [0, 0.1) is 11.8 Å². The van der Waals surface area contributed by atoms with E-state index in [9.17, 15) is 0 Å². The van der Waals surface area contributed by atoms with Crippen molar-refractivity contribution in [2.24, 2.45) is 5.73 Å². The van der Waals surface area contributed by atoms with Crippen LogP contribution in [0.4, 0.5) is 0 Å². The van der Waals surface area contributed by atoms with Gasteiger partial charge in [-0.3, -0.25) is 4.90 Å². The van der Waals surface area contributed by atoms with Crippen LogP contribution in [-0.2, 0) is 0 Å². The molecule has 0 aliphatic carbocycles. The van der Waals surface area contributed by atoms with Gasteiger partial charge in [-0.1, -0.05) is 5.92 Å². The van der Waals surface area contributed by atoms with Crippen molar-refractivity contribution in [3.8, 4) is 11.8 Å². The minimum absolute atomic E-state index is 0.681. The number of nitrogens with zero attached hydrogens (tertiary/aromatic N) is 1. The summed E-state index contributed by atoms with van der Waals surface area (Å²) in [6.45, 7) is 2.33. The highest BCUT2D eigenvalue weighted by atomic mass is 15.1. The average Bonchev–Trinajstić information content (AvgIpc) is 2.57. The normalized spacial score (nSPS) is 9.77. The Morgan fingerprint density at radius 3 is 3.08 bits per heavy atom. The number of aromatic nitrogens is 1. The molecule has 0 amide bonds. The van der Waals surface area contributed by atoms with E-state index < -0.39 is 0 Å². The first-order valence-electron chi connectivity index (χ1n) is 4.34. The SMILES string of the molecule is CN(CC#Cc1ccc[nH]1)CCN. The molecule has 70 valence electrons. The molecule has 3 N–H and O–H groups in total. The van der Waals surface area contributed by atoms with Crippen LogP contribution in [0.15, 0.2) is 18.3 Å². The summed E-state index contributed by atoms with van der Waals surface area (Å²) in [6, 6.07) is 3.89. The van der Waals surface area contributed by atoms with E-state index in [1.807, 2.05) is 25.4 Å². The van der Waals surface area contributed by atoms with Gasteiger partial charge >= 0.3 is 0 Å². The predicted molar refractivity (Wildman–Crippen MR) is 54.2 cm³/mol. The lowest BCUT2D eigenvalue weighted by Crippen LogP contribution is -2.25. The monoisotopic (exact) mass is 177 g/mol. The third-order valence-electron chi connectivity index (χ3n) is 1.68. The second kappa shape index (κ2) is 5.41. The van der Waals surface area contributed by atoms with Gasteiger partial charge in [0, 0.05) is 19.3 Å². The lowest BCUT2D eigenvalue weighted by Gasteiger charge is -2.09. The van der Waals surface area contributed by atoms with Crippen molar-refractivity contribution >= 4 is 0 Å². The van der Waals surface area contributed by atoms with Gasteiger partial charge in [0.2, 0.25) is 0 Å². The fourth-order valence-corrected chi connectivity index (χ4v) is 0.977. The number of nitrogens with one attached hydrogen (secondary N) is 1. The molecule has 0 aliphatic heterocycles. The molecule has 0 fully saturated rings. The minimum Gasteiger partial charge on any atom is -0.355 e. The molecule has 1 heterocycles. The van der Waals surface area contributed by atoms with Crippen LogP contribution in [0.1, 0.15) is 5.69 Å². The minimum atomic E-state index is 0.681. The first-order valence-corrected chi connectivity index (χ1v) is 4.34. The van der Waals surface area contributed by atoms with Gasteiger partial charge in [0.25, 0.3) is 0 Å². The van der Waals surface area contributed by atoms with Crippen molar-refractivity contribution in [3.05, 3.63) is 24.0 Å². The molecule has 0 aliphatic rings. The molecular weight excluding hydrogens is 162 g/mol. The molecule has 1 rings (SSSR count). The first-order chi connectivity index (χ1) is 6.33. The number of likely N-dealkylation sites (N-methyl/N-ethyl adjacent to an activating group) is 1. The topological polar surface area (TPSA) is 45.0 Å². The number of hydrogen-bond donors (Lipinski definition) is 2. The Morgan fingerprint density at radius 2 is 2.46 bits per heavy atom. The van der Waals surface area contributed by atoms with E-state index in [4.69, 9.17) is 5.73 Å². The van der Waals surface area contributed by atoms with Crippen molar-refractivity contribution in [1.29, 1.82) is 0 Å². The zero-order valence-corrected chi connectivity index (χ0v) is 7.88. The first kappa shape index (κ1) is 9.85. The smallest absolute Gasteiger partial charge is 0.0893 e. The summed E-state index contributed by atoms with van der Waals surface area (Å²) < 4.78 is 0. The fourth-order valence-electron chi connectivity index (χ4n) is 0.977. The number of nitrogens with two attached hydrogens (primary N) is 1. The lowest BCUT2D eigenvalue weighted by molar-refractivity contribution is 0.386. The molecule has 0 spiro atoms. The van der Waals surface area contributed by atoms with Crippen LogP contribution in [0.3, 0.4) is 0 Å². The van der Waals surface area contributed by atoms with Crippen LogP contribution in [-0.4, -0.2) is 36.6 Å². The van der Waals surface area contributed by atoms with E-state index in [1.54, 1.807) is 0 Å². The number of rotatable bonds is 3. The van der Waals surface area contributed by atoms with Gasteiger partial charge in [-0.15, -0.1) is 0 Å². The van der Waals surface area contributed by atoms with Crippen molar-refractivity contribution in [3.63, 3.8) is 0 Å². The third-order valence-corrected chi connectivity index (χ3v) is 1.68. The van der Waals surface area contributed by atoms with E-state index in [0.29, 0.717) is 6.54 Å². The fraction of sp³-hybridized carbons (Fsp3) is 0.400. The van der Waals surface area contributed by atoms with Gasteiger partial charge in [0.15, 0.2) is 0 Å². The second-order valence-electron chi connectivity index (χ2n) is 2.91. The maximum atomic E-state index is 5.40. The number of aromatic amines is 1. The van der Waals surface area contributed by atoms with Crippen molar-refractivity contribution in [2.75, 3.05) is 26.7 Å². The van der Waals surface area contributed by atoms with Gasteiger partial charge in [0.1, 0.15) is 0 Å². The van der Waals surface area contributed by atoms with Gasteiger partial charge < -0.3 is 10.7 Å². The molecule has 0 atom stereocenters. The highest BCUT2D eigenvalue weighted by molar-refractivity contribution is 5.27. The Kier molecular flexibility index (Phi) is 4.10. The van der Waals surface area contributed by atoms with Gasteiger partial charge in [0.05, 0.1) is 12.2 Å². The van der Waals surface area contributed by atoms with Crippen molar-refractivity contribution < 1.29 is 0 Å². The van der Waals surface area contributed by atoms with Crippen LogP contribution in [0.5, 0.6) is 0 Å². The van der Waals surface area contributed by atoms with Crippen LogP contribution in [0.2, 0.25) is 0 Å². The molecule has 13 heavy (non-hydrogen) atoms. The average molecular weight is 177 g/mol. The Labute approximate surface area is 78.9 Å². The molecule has 1 aromatic rings. The molecule has 0 radical (unpaired) electrons. The Morgan fingerprint density at radius 1 is 1.62 bits per heavy atom. The van der Waals surface area contributed by atoms with E-state index in [2.05, 4.69) is 21.7 Å². The summed E-state index contributed by atoms with van der Waals surface area (Å²) >= 11 is 0. The zero-order valence-electron chi connectivity index (χ0n) is 7.88. The quantitative estimate of drug-likeness (QED) is 0.650. The second-order valence-corrected chi connectivity index (χ2v) is 2.91. The van der Waals surface area contributed by atoms with Crippen molar-refractivity contribution in [1.82, 2.24) is 9.88 Å². The number of hydrogen-bond acceptors (Lipinski definition) is 2. The summed E-state index contributed by atoms with van der Waals surface area (Å²) in [7, 11) is 2.01. The van der Waals surface area contributed by atoms with E-state index in [0.717, 1.165) is 18.8 Å². The standard InChI is InChI=1S/C10H15N3/c1-13(9-6-11)8-3-5-10-4-2-7-12-10/h2,4,7,12H,6,8-9,11H2,1H3. The summed E-state index contributed by atoms with van der Waals surface area (Å²) in [5.41, 5.74) is 6.36. The Balaban J connectivity index is 2.32. The molecule has 3 heteroatoms. The molecule has 3 nitrogen and oxygen atoms in total.